The number of nitrogens with two attached hydrogens (primary N) is 1. The first-order valence-electron chi connectivity index (χ1n) is 5.26. The van der Waals surface area contributed by atoms with Gasteiger partial charge in [-0.05, 0) is 48.4 Å². The smallest absolute Gasteiger partial charge is 0.127 e. The number of hydrogen-bond acceptors (Lipinski definition) is 1. The summed E-state index contributed by atoms with van der Waals surface area (Å²) < 4.78 is 13.5. The van der Waals surface area contributed by atoms with Crippen LogP contribution in [0.2, 0.25) is 5.02 Å². The summed E-state index contributed by atoms with van der Waals surface area (Å²) >= 11 is 6.08. The van der Waals surface area contributed by atoms with E-state index in [2.05, 4.69) is 6.92 Å². The fraction of sp³-hybridized carbons (Fsp3) is 0.500. The Balaban J connectivity index is 2.71. The molecule has 15 heavy (non-hydrogen) atoms. The van der Waals surface area contributed by atoms with Crippen LogP contribution in [0.4, 0.5) is 4.39 Å². The molecule has 1 aromatic carbocycles. The molecule has 82 valence electrons. The van der Waals surface area contributed by atoms with Gasteiger partial charge in [0.15, 0.2) is 0 Å². The minimum atomic E-state index is -0.247. The van der Waals surface area contributed by atoms with E-state index in [1.54, 1.807) is 6.92 Å². The Morgan fingerprint density at radius 1 is 1.40 bits per heavy atom. The number of fused-ring (bicyclic) bond motifs is 1. The summed E-state index contributed by atoms with van der Waals surface area (Å²) in [5, 5.41) is 0.524. The average molecular weight is 228 g/mol. The van der Waals surface area contributed by atoms with E-state index in [-0.39, 0.29) is 11.9 Å². The third-order valence-corrected chi connectivity index (χ3v) is 3.65. The summed E-state index contributed by atoms with van der Waals surface area (Å²) in [4.78, 5) is 0. The van der Waals surface area contributed by atoms with Crippen LogP contribution < -0.4 is 5.73 Å². The SMILES string of the molecule is Cc1c(F)cc(Cl)c2c1C(N)CCC2C. The third-order valence-electron chi connectivity index (χ3n) is 3.34. The molecule has 2 unspecified atom stereocenters. The molecule has 3 heteroatoms. The summed E-state index contributed by atoms with van der Waals surface area (Å²) in [6.07, 6.45) is 1.94. The van der Waals surface area contributed by atoms with Crippen LogP contribution in [0, 0.1) is 12.7 Å². The van der Waals surface area contributed by atoms with Crippen LogP contribution in [0.1, 0.15) is 48.4 Å². The predicted octanol–water partition coefficient (Wildman–Crippen LogP) is 3.68. The van der Waals surface area contributed by atoms with Crippen molar-refractivity contribution in [2.75, 3.05) is 0 Å². The molecule has 2 N–H and O–H groups in total. The Labute approximate surface area is 94.4 Å². The van der Waals surface area contributed by atoms with Gasteiger partial charge in [-0.2, -0.15) is 0 Å². The molecule has 0 amide bonds. The largest absolute Gasteiger partial charge is 0.324 e. The number of hydrogen-bond donors (Lipinski definition) is 1. The Morgan fingerprint density at radius 2 is 2.07 bits per heavy atom. The quantitative estimate of drug-likeness (QED) is 0.719. The van der Waals surface area contributed by atoms with Crippen LogP contribution in [-0.4, -0.2) is 0 Å². The van der Waals surface area contributed by atoms with Gasteiger partial charge in [-0.15, -0.1) is 0 Å². The highest BCUT2D eigenvalue weighted by atomic mass is 35.5. The van der Waals surface area contributed by atoms with Crippen molar-refractivity contribution in [2.45, 2.75) is 38.6 Å². The molecule has 0 radical (unpaired) electrons. The van der Waals surface area contributed by atoms with E-state index in [0.717, 1.165) is 24.0 Å². The summed E-state index contributed by atoms with van der Waals surface area (Å²) in [6.45, 7) is 3.90. The second-order valence-corrected chi connectivity index (χ2v) is 4.78. The van der Waals surface area contributed by atoms with Crippen molar-refractivity contribution in [3.63, 3.8) is 0 Å². The topological polar surface area (TPSA) is 26.0 Å². The average Bonchev–Trinajstić information content (AvgIpc) is 2.18. The van der Waals surface area contributed by atoms with Gasteiger partial charge in [-0.1, -0.05) is 18.5 Å². The summed E-state index contributed by atoms with van der Waals surface area (Å²) in [6, 6.07) is 1.34. The van der Waals surface area contributed by atoms with Gasteiger partial charge in [0.2, 0.25) is 0 Å². The molecule has 0 saturated heterocycles. The molecule has 0 heterocycles. The molecule has 0 bridgehead atoms. The second kappa shape index (κ2) is 3.76. The van der Waals surface area contributed by atoms with Crippen LogP contribution in [0.3, 0.4) is 0 Å². The van der Waals surface area contributed by atoms with E-state index >= 15 is 0 Å². The number of halogens is 2. The molecular weight excluding hydrogens is 213 g/mol. The third kappa shape index (κ3) is 1.66. The van der Waals surface area contributed by atoms with E-state index in [9.17, 15) is 4.39 Å². The van der Waals surface area contributed by atoms with Crippen molar-refractivity contribution in [3.05, 3.63) is 33.6 Å². The first-order valence-corrected chi connectivity index (χ1v) is 5.64. The van der Waals surface area contributed by atoms with Crippen molar-refractivity contribution in [1.82, 2.24) is 0 Å². The first-order chi connectivity index (χ1) is 7.02. The molecule has 0 fully saturated rings. The number of rotatable bonds is 0. The molecule has 2 atom stereocenters. The van der Waals surface area contributed by atoms with Crippen molar-refractivity contribution < 1.29 is 4.39 Å². The fourth-order valence-corrected chi connectivity index (χ4v) is 2.84. The van der Waals surface area contributed by atoms with Crippen LogP contribution in [0.5, 0.6) is 0 Å². The lowest BCUT2D eigenvalue weighted by Crippen LogP contribution is -2.21. The first kappa shape index (κ1) is 10.9. The molecule has 1 nitrogen and oxygen atoms in total. The number of benzene rings is 1. The van der Waals surface area contributed by atoms with Gasteiger partial charge in [-0.3, -0.25) is 0 Å². The van der Waals surface area contributed by atoms with E-state index < -0.39 is 0 Å². The standard InChI is InChI=1S/C12H15ClFN/c1-6-3-4-10(15)12-7(2)9(14)5-8(13)11(6)12/h5-6,10H,3-4,15H2,1-2H3. The van der Waals surface area contributed by atoms with E-state index in [0.29, 0.717) is 16.5 Å². The molecule has 1 aliphatic rings. The summed E-state index contributed by atoms with van der Waals surface area (Å²) in [5.41, 5.74) is 8.66. The molecular formula is C12H15ClFN. The van der Waals surface area contributed by atoms with Crippen LogP contribution >= 0.6 is 11.6 Å². The van der Waals surface area contributed by atoms with Gasteiger partial charge < -0.3 is 5.73 Å². The lowest BCUT2D eigenvalue weighted by molar-refractivity contribution is 0.503. The van der Waals surface area contributed by atoms with Crippen molar-refractivity contribution in [1.29, 1.82) is 0 Å². The highest BCUT2D eigenvalue weighted by Gasteiger charge is 2.27. The molecule has 1 aromatic rings. The summed E-state index contributed by atoms with van der Waals surface area (Å²) in [7, 11) is 0. The Kier molecular flexibility index (Phi) is 2.73. The Morgan fingerprint density at radius 3 is 2.73 bits per heavy atom. The van der Waals surface area contributed by atoms with Crippen molar-refractivity contribution in [3.8, 4) is 0 Å². The van der Waals surface area contributed by atoms with E-state index in [4.69, 9.17) is 17.3 Å². The van der Waals surface area contributed by atoms with Crippen LogP contribution in [0.25, 0.3) is 0 Å². The molecule has 1 aliphatic carbocycles. The second-order valence-electron chi connectivity index (χ2n) is 4.38. The minimum absolute atomic E-state index is 0.0654. The maximum Gasteiger partial charge on any atom is 0.127 e. The fourth-order valence-electron chi connectivity index (χ4n) is 2.45. The van der Waals surface area contributed by atoms with Gasteiger partial charge in [0, 0.05) is 11.1 Å². The molecule has 0 spiro atoms. The Hall–Kier alpha value is -0.600. The van der Waals surface area contributed by atoms with Crippen molar-refractivity contribution in [2.24, 2.45) is 5.73 Å². The lowest BCUT2D eigenvalue weighted by atomic mass is 9.79. The molecule has 0 aliphatic heterocycles. The van der Waals surface area contributed by atoms with Gasteiger partial charge in [0.05, 0.1) is 0 Å². The van der Waals surface area contributed by atoms with E-state index in [1.807, 2.05) is 0 Å². The maximum atomic E-state index is 13.5. The zero-order chi connectivity index (χ0) is 11.2. The van der Waals surface area contributed by atoms with E-state index in [1.165, 1.54) is 6.07 Å². The highest BCUT2D eigenvalue weighted by molar-refractivity contribution is 6.31. The minimum Gasteiger partial charge on any atom is -0.324 e. The van der Waals surface area contributed by atoms with Gasteiger partial charge >= 0.3 is 0 Å². The lowest BCUT2D eigenvalue weighted by Gasteiger charge is -2.30. The summed E-state index contributed by atoms with van der Waals surface area (Å²) in [5.74, 6) is 0.134. The predicted molar refractivity (Wildman–Crippen MR) is 60.7 cm³/mol. The van der Waals surface area contributed by atoms with Gasteiger partial charge in [-0.25, -0.2) is 4.39 Å². The van der Waals surface area contributed by atoms with Crippen LogP contribution in [0.15, 0.2) is 6.07 Å². The van der Waals surface area contributed by atoms with Crippen molar-refractivity contribution >= 4 is 11.6 Å². The zero-order valence-corrected chi connectivity index (χ0v) is 9.74. The van der Waals surface area contributed by atoms with Gasteiger partial charge in [0.25, 0.3) is 0 Å². The Bertz CT molecular complexity index is 403. The zero-order valence-electron chi connectivity index (χ0n) is 8.98. The van der Waals surface area contributed by atoms with Gasteiger partial charge in [0.1, 0.15) is 5.82 Å². The van der Waals surface area contributed by atoms with Crippen LogP contribution in [-0.2, 0) is 0 Å². The normalized spacial score (nSPS) is 25.1. The molecule has 0 aromatic heterocycles. The molecule has 2 rings (SSSR count). The molecule has 0 saturated carbocycles. The highest BCUT2D eigenvalue weighted by Crippen LogP contribution is 2.42. The maximum absolute atomic E-state index is 13.5. The monoisotopic (exact) mass is 227 g/mol.